The molecular formula is C21H20F4. The first-order valence-electron chi connectivity index (χ1n) is 8.35. The number of hydrogen-bond donors (Lipinski definition) is 0. The minimum absolute atomic E-state index is 0.322. The molecule has 0 aliphatic rings. The van der Waals surface area contributed by atoms with Crippen LogP contribution in [0, 0.1) is 17.7 Å². The van der Waals surface area contributed by atoms with Crippen LogP contribution in [0.15, 0.2) is 36.4 Å². The molecule has 0 spiro atoms. The number of benzene rings is 2. The maximum absolute atomic E-state index is 14.4. The molecule has 25 heavy (non-hydrogen) atoms. The minimum atomic E-state index is -4.37. The van der Waals surface area contributed by atoms with E-state index in [4.69, 9.17) is 0 Å². The summed E-state index contributed by atoms with van der Waals surface area (Å²) in [5.41, 5.74) is 1.80. The Kier molecular flexibility index (Phi) is 6.25. The zero-order chi connectivity index (χ0) is 18.4. The quantitative estimate of drug-likeness (QED) is 0.459. The van der Waals surface area contributed by atoms with Gasteiger partial charge >= 0.3 is 6.18 Å². The molecule has 0 amide bonds. The van der Waals surface area contributed by atoms with E-state index in [1.807, 2.05) is 13.0 Å². The average molecular weight is 348 g/mol. The Morgan fingerprint density at radius 3 is 2.20 bits per heavy atom. The number of aryl methyl sites for hydroxylation is 2. The van der Waals surface area contributed by atoms with Gasteiger partial charge in [-0.3, -0.25) is 0 Å². The first kappa shape index (κ1) is 19.1. The molecule has 4 heteroatoms. The second-order valence-corrected chi connectivity index (χ2v) is 5.89. The van der Waals surface area contributed by atoms with Gasteiger partial charge in [0.25, 0.3) is 0 Å². The lowest BCUT2D eigenvalue weighted by atomic mass is 9.98. The van der Waals surface area contributed by atoms with Crippen molar-refractivity contribution in [2.45, 2.75) is 45.7 Å². The van der Waals surface area contributed by atoms with Crippen molar-refractivity contribution in [1.29, 1.82) is 0 Å². The molecule has 0 heterocycles. The fraction of sp³-hybridized carbons (Fsp3) is 0.333. The standard InChI is InChI=1S/C21H20F4/c1-3-5-6-16-13-17(4-2)19(20(22)14-16)12-9-15-7-10-18(11-8-15)21(23,24)25/h7-8,10-11,13-14H,3-6H2,1-2H3. The van der Waals surface area contributed by atoms with Crippen LogP contribution in [0.4, 0.5) is 17.6 Å². The van der Waals surface area contributed by atoms with Crippen LogP contribution in [-0.2, 0) is 19.0 Å². The molecule has 2 aromatic rings. The molecule has 0 saturated heterocycles. The monoisotopic (exact) mass is 348 g/mol. The van der Waals surface area contributed by atoms with Crippen LogP contribution in [0.2, 0.25) is 0 Å². The number of alkyl halides is 3. The topological polar surface area (TPSA) is 0 Å². The predicted octanol–water partition coefficient (Wildman–Crippen LogP) is 6.15. The van der Waals surface area contributed by atoms with E-state index in [0.29, 0.717) is 17.5 Å². The second kappa shape index (κ2) is 8.20. The van der Waals surface area contributed by atoms with E-state index in [2.05, 4.69) is 18.8 Å². The lowest BCUT2D eigenvalue weighted by Gasteiger charge is -2.08. The van der Waals surface area contributed by atoms with Crippen LogP contribution in [0.5, 0.6) is 0 Å². The summed E-state index contributed by atoms with van der Waals surface area (Å²) in [4.78, 5) is 0. The number of hydrogen-bond acceptors (Lipinski definition) is 0. The number of rotatable bonds is 4. The van der Waals surface area contributed by atoms with E-state index in [9.17, 15) is 17.6 Å². The smallest absolute Gasteiger partial charge is 0.206 e. The molecular weight excluding hydrogens is 328 g/mol. The Morgan fingerprint density at radius 2 is 1.64 bits per heavy atom. The first-order chi connectivity index (χ1) is 11.8. The summed E-state index contributed by atoms with van der Waals surface area (Å²) in [5.74, 6) is 5.17. The van der Waals surface area contributed by atoms with Gasteiger partial charge in [0.2, 0.25) is 0 Å². The van der Waals surface area contributed by atoms with Crippen LogP contribution < -0.4 is 0 Å². The summed E-state index contributed by atoms with van der Waals surface area (Å²) in [6.45, 7) is 4.02. The summed E-state index contributed by atoms with van der Waals surface area (Å²) in [6, 6.07) is 8.04. The molecule has 0 nitrogen and oxygen atoms in total. The van der Waals surface area contributed by atoms with Crippen molar-refractivity contribution >= 4 is 0 Å². The van der Waals surface area contributed by atoms with E-state index >= 15 is 0 Å². The second-order valence-electron chi connectivity index (χ2n) is 5.89. The lowest BCUT2D eigenvalue weighted by molar-refractivity contribution is -0.137. The molecule has 0 aliphatic carbocycles. The molecule has 0 unspecified atom stereocenters. The highest BCUT2D eigenvalue weighted by atomic mass is 19.4. The van der Waals surface area contributed by atoms with Gasteiger partial charge in [0.05, 0.1) is 11.1 Å². The van der Waals surface area contributed by atoms with Crippen LogP contribution in [-0.4, -0.2) is 0 Å². The van der Waals surface area contributed by atoms with Crippen molar-refractivity contribution in [1.82, 2.24) is 0 Å². The maximum Gasteiger partial charge on any atom is 0.416 e. The molecule has 0 saturated carbocycles. The van der Waals surface area contributed by atoms with Gasteiger partial charge in [-0.1, -0.05) is 38.2 Å². The van der Waals surface area contributed by atoms with E-state index in [1.165, 1.54) is 18.2 Å². The molecule has 0 aromatic heterocycles. The van der Waals surface area contributed by atoms with E-state index < -0.39 is 11.7 Å². The average Bonchev–Trinajstić information content (AvgIpc) is 2.58. The number of unbranched alkanes of at least 4 members (excludes halogenated alkanes) is 1. The molecule has 0 aliphatic heterocycles. The molecule has 132 valence electrons. The van der Waals surface area contributed by atoms with Gasteiger partial charge in [-0.15, -0.1) is 0 Å². The van der Waals surface area contributed by atoms with Crippen LogP contribution in [0.25, 0.3) is 0 Å². The predicted molar refractivity (Wildman–Crippen MR) is 91.8 cm³/mol. The van der Waals surface area contributed by atoms with Gasteiger partial charge in [-0.2, -0.15) is 13.2 Å². The molecule has 2 rings (SSSR count). The van der Waals surface area contributed by atoms with Crippen molar-refractivity contribution < 1.29 is 17.6 Å². The van der Waals surface area contributed by atoms with Crippen molar-refractivity contribution in [2.24, 2.45) is 0 Å². The highest BCUT2D eigenvalue weighted by molar-refractivity contribution is 5.49. The van der Waals surface area contributed by atoms with Gasteiger partial charge in [-0.25, -0.2) is 4.39 Å². The maximum atomic E-state index is 14.4. The summed E-state index contributed by atoms with van der Waals surface area (Å²) in [6.07, 6.45) is -0.861. The zero-order valence-electron chi connectivity index (χ0n) is 14.3. The Bertz CT molecular complexity index is 775. The summed E-state index contributed by atoms with van der Waals surface area (Å²) < 4.78 is 52.1. The van der Waals surface area contributed by atoms with Gasteiger partial charge in [0, 0.05) is 5.56 Å². The van der Waals surface area contributed by atoms with Gasteiger partial charge in [0.1, 0.15) is 5.82 Å². The van der Waals surface area contributed by atoms with Gasteiger partial charge in [0.15, 0.2) is 0 Å². The molecule has 2 aromatic carbocycles. The third-order valence-corrected chi connectivity index (χ3v) is 3.98. The van der Waals surface area contributed by atoms with Crippen molar-refractivity contribution in [3.8, 4) is 11.8 Å². The third-order valence-electron chi connectivity index (χ3n) is 3.98. The van der Waals surface area contributed by atoms with E-state index in [-0.39, 0.29) is 5.82 Å². The fourth-order valence-electron chi connectivity index (χ4n) is 2.55. The van der Waals surface area contributed by atoms with Crippen molar-refractivity contribution in [2.75, 3.05) is 0 Å². The highest BCUT2D eigenvalue weighted by Crippen LogP contribution is 2.29. The van der Waals surface area contributed by atoms with Gasteiger partial charge in [-0.05, 0) is 60.7 Å². The van der Waals surface area contributed by atoms with Crippen LogP contribution >= 0.6 is 0 Å². The van der Waals surface area contributed by atoms with Crippen LogP contribution in [0.1, 0.15) is 54.5 Å². The van der Waals surface area contributed by atoms with Crippen molar-refractivity contribution in [3.05, 3.63) is 70.0 Å². The first-order valence-corrected chi connectivity index (χ1v) is 8.35. The largest absolute Gasteiger partial charge is 0.416 e. The summed E-state index contributed by atoms with van der Waals surface area (Å²) in [5, 5.41) is 0. The van der Waals surface area contributed by atoms with E-state index in [1.54, 1.807) is 0 Å². The highest BCUT2D eigenvalue weighted by Gasteiger charge is 2.29. The zero-order valence-corrected chi connectivity index (χ0v) is 14.3. The minimum Gasteiger partial charge on any atom is -0.206 e. The van der Waals surface area contributed by atoms with Crippen molar-refractivity contribution in [3.63, 3.8) is 0 Å². The fourth-order valence-corrected chi connectivity index (χ4v) is 2.55. The lowest BCUT2D eigenvalue weighted by Crippen LogP contribution is -2.04. The molecule has 0 N–H and O–H groups in total. The third kappa shape index (κ3) is 5.09. The van der Waals surface area contributed by atoms with Gasteiger partial charge < -0.3 is 0 Å². The molecule has 0 bridgehead atoms. The summed E-state index contributed by atoms with van der Waals surface area (Å²) in [7, 11) is 0. The molecule has 0 atom stereocenters. The molecule has 0 radical (unpaired) electrons. The number of halogens is 4. The normalized spacial score (nSPS) is 11.1. The summed E-state index contributed by atoms with van der Waals surface area (Å²) >= 11 is 0. The Morgan fingerprint density at radius 1 is 0.960 bits per heavy atom. The van der Waals surface area contributed by atoms with E-state index in [0.717, 1.165) is 42.5 Å². The Balaban J connectivity index is 2.30. The Labute approximate surface area is 145 Å². The molecule has 0 fully saturated rings. The Hall–Kier alpha value is -2.28. The van der Waals surface area contributed by atoms with Crippen LogP contribution in [0.3, 0.4) is 0 Å². The SMILES string of the molecule is CCCCc1cc(F)c(C#Cc2ccc(C(F)(F)F)cc2)c(CC)c1.